The highest BCUT2D eigenvalue weighted by Gasteiger charge is 2.31. The molecule has 0 radical (unpaired) electrons. The Bertz CT molecular complexity index is 1030. The minimum absolute atomic E-state index is 0.335. The van der Waals surface area contributed by atoms with Crippen molar-refractivity contribution in [3.05, 3.63) is 54.0 Å². The maximum absolute atomic E-state index is 13.1. The lowest BCUT2D eigenvalue weighted by molar-refractivity contribution is 0.262. The number of urea groups is 1. The Labute approximate surface area is 167 Å². The van der Waals surface area contributed by atoms with E-state index in [1.807, 2.05) is 12.1 Å². The number of aromatic nitrogens is 2. The van der Waals surface area contributed by atoms with Crippen LogP contribution in [-0.2, 0) is 0 Å². The predicted molar refractivity (Wildman–Crippen MR) is 108 cm³/mol. The van der Waals surface area contributed by atoms with E-state index in [9.17, 15) is 9.18 Å². The number of rotatable bonds is 6. The number of anilines is 2. The molecule has 8 heteroatoms. The number of nitrogens with zero attached hydrogens (tertiary/aromatic N) is 1. The highest BCUT2D eigenvalue weighted by Crippen LogP contribution is 2.46. The number of carbonyl (C=O) groups is 1. The van der Waals surface area contributed by atoms with Gasteiger partial charge in [-0.2, -0.15) is 5.10 Å². The first-order chi connectivity index (χ1) is 14.1. The molecule has 0 bridgehead atoms. The van der Waals surface area contributed by atoms with Gasteiger partial charge >= 0.3 is 6.03 Å². The number of hydrogen-bond acceptors (Lipinski definition) is 4. The van der Waals surface area contributed by atoms with Crippen LogP contribution >= 0.6 is 0 Å². The fraction of sp³-hybridized carbons (Fsp3) is 0.238. The quantitative estimate of drug-likeness (QED) is 0.561. The molecule has 29 heavy (non-hydrogen) atoms. The van der Waals surface area contributed by atoms with Crippen LogP contribution in [0, 0.1) is 5.82 Å². The number of halogens is 1. The molecule has 150 valence electrons. The third-order valence-corrected chi connectivity index (χ3v) is 4.78. The smallest absolute Gasteiger partial charge is 0.323 e. The second-order valence-corrected chi connectivity index (χ2v) is 6.79. The maximum atomic E-state index is 13.1. The molecule has 1 fully saturated rings. The number of ether oxygens (including phenoxy) is 2. The normalized spacial score (nSPS) is 13.1. The Kier molecular flexibility index (Phi) is 5.07. The van der Waals surface area contributed by atoms with Gasteiger partial charge in [-0.05, 0) is 49.2 Å². The van der Waals surface area contributed by atoms with Gasteiger partial charge in [0.1, 0.15) is 23.0 Å². The first-order valence-electron chi connectivity index (χ1n) is 9.23. The van der Waals surface area contributed by atoms with Crippen LogP contribution in [0.1, 0.15) is 24.5 Å². The van der Waals surface area contributed by atoms with Gasteiger partial charge in [0.2, 0.25) is 0 Å². The fourth-order valence-corrected chi connectivity index (χ4v) is 3.15. The number of nitrogens with one attached hydrogen (secondary N) is 3. The van der Waals surface area contributed by atoms with Crippen LogP contribution in [0.4, 0.5) is 20.6 Å². The van der Waals surface area contributed by atoms with Crippen molar-refractivity contribution < 1.29 is 18.7 Å². The summed E-state index contributed by atoms with van der Waals surface area (Å²) in [4.78, 5) is 12.6. The third-order valence-electron chi connectivity index (χ3n) is 4.78. The van der Waals surface area contributed by atoms with E-state index in [0.29, 0.717) is 34.5 Å². The van der Waals surface area contributed by atoms with Gasteiger partial charge in [0.15, 0.2) is 0 Å². The minimum atomic E-state index is -0.436. The molecule has 1 aliphatic carbocycles. The van der Waals surface area contributed by atoms with Crippen molar-refractivity contribution in [2.24, 2.45) is 0 Å². The summed E-state index contributed by atoms with van der Waals surface area (Å²) in [7, 11) is 3.15. The topological polar surface area (TPSA) is 88.3 Å². The molecule has 1 heterocycles. The van der Waals surface area contributed by atoms with E-state index in [1.54, 1.807) is 20.3 Å². The number of H-pyrrole nitrogens is 1. The van der Waals surface area contributed by atoms with Gasteiger partial charge < -0.3 is 20.1 Å². The van der Waals surface area contributed by atoms with Crippen LogP contribution in [0.2, 0.25) is 0 Å². The molecule has 1 aromatic heterocycles. The lowest BCUT2D eigenvalue weighted by Gasteiger charge is -2.12. The van der Waals surface area contributed by atoms with E-state index in [-0.39, 0.29) is 5.82 Å². The fourth-order valence-electron chi connectivity index (χ4n) is 3.15. The largest absolute Gasteiger partial charge is 0.497 e. The Morgan fingerprint density at radius 1 is 1.10 bits per heavy atom. The van der Waals surface area contributed by atoms with Crippen molar-refractivity contribution in [2.75, 3.05) is 24.9 Å². The van der Waals surface area contributed by atoms with E-state index in [0.717, 1.165) is 24.1 Å². The molecule has 4 rings (SSSR count). The van der Waals surface area contributed by atoms with Gasteiger partial charge in [-0.3, -0.25) is 5.10 Å². The first-order valence-corrected chi connectivity index (χ1v) is 9.23. The molecule has 0 aliphatic heterocycles. The maximum Gasteiger partial charge on any atom is 0.323 e. The summed E-state index contributed by atoms with van der Waals surface area (Å²) < 4.78 is 23.8. The number of aromatic amines is 1. The lowest BCUT2D eigenvalue weighted by atomic mass is 10.1. The van der Waals surface area contributed by atoms with Gasteiger partial charge in [-0.15, -0.1) is 0 Å². The van der Waals surface area contributed by atoms with Crippen molar-refractivity contribution >= 4 is 17.4 Å². The number of hydrogen-bond donors (Lipinski definition) is 3. The molecule has 7 nitrogen and oxygen atoms in total. The average molecular weight is 396 g/mol. The number of benzene rings is 2. The van der Waals surface area contributed by atoms with E-state index >= 15 is 0 Å². The highest BCUT2D eigenvalue weighted by atomic mass is 19.1. The standard InChI is InChI=1S/C21H21FN4O3/c1-28-15-9-10-16(17(11-15)29-2)19-20(18(25-26-19)12-3-4-12)24-21(27)23-14-7-5-13(22)6-8-14/h5-12H,3-4H2,1-2H3,(H,25,26)(H2,23,24,27). The Morgan fingerprint density at radius 2 is 1.86 bits per heavy atom. The van der Waals surface area contributed by atoms with Crippen molar-refractivity contribution in [1.29, 1.82) is 0 Å². The zero-order valence-corrected chi connectivity index (χ0v) is 16.1. The van der Waals surface area contributed by atoms with Gasteiger partial charge in [0, 0.05) is 23.2 Å². The van der Waals surface area contributed by atoms with Gasteiger partial charge in [0.05, 0.1) is 25.6 Å². The first kappa shape index (κ1) is 18.8. The molecule has 3 aromatic rings. The number of amides is 2. The van der Waals surface area contributed by atoms with Gasteiger partial charge in [-0.1, -0.05) is 0 Å². The molecule has 1 aliphatic rings. The van der Waals surface area contributed by atoms with Crippen LogP contribution in [0.5, 0.6) is 11.5 Å². The van der Waals surface area contributed by atoms with Crippen LogP contribution in [0.25, 0.3) is 11.3 Å². The van der Waals surface area contributed by atoms with E-state index in [2.05, 4.69) is 20.8 Å². The summed E-state index contributed by atoms with van der Waals surface area (Å²) >= 11 is 0. The van der Waals surface area contributed by atoms with Crippen LogP contribution < -0.4 is 20.1 Å². The van der Waals surface area contributed by atoms with Crippen LogP contribution in [-0.4, -0.2) is 30.4 Å². The monoisotopic (exact) mass is 396 g/mol. The summed E-state index contributed by atoms with van der Waals surface area (Å²) in [5, 5.41) is 13.1. The molecule has 0 unspecified atom stereocenters. The summed E-state index contributed by atoms with van der Waals surface area (Å²) in [6, 6.07) is 10.6. The number of methoxy groups -OCH3 is 2. The highest BCUT2D eigenvalue weighted by molar-refractivity contribution is 6.03. The molecule has 0 atom stereocenters. The van der Waals surface area contributed by atoms with Crippen molar-refractivity contribution in [2.45, 2.75) is 18.8 Å². The lowest BCUT2D eigenvalue weighted by Crippen LogP contribution is -2.20. The Hall–Kier alpha value is -3.55. The number of carbonyl (C=O) groups excluding carboxylic acids is 1. The Balaban J connectivity index is 1.65. The zero-order valence-electron chi connectivity index (χ0n) is 16.1. The molecule has 2 aromatic carbocycles. The van der Waals surface area contributed by atoms with E-state index < -0.39 is 6.03 Å². The zero-order chi connectivity index (χ0) is 20.4. The molecule has 1 saturated carbocycles. The molecular weight excluding hydrogens is 375 g/mol. The molecular formula is C21H21FN4O3. The molecule has 0 spiro atoms. The van der Waals surface area contributed by atoms with Crippen molar-refractivity contribution in [3.63, 3.8) is 0 Å². The average Bonchev–Trinajstić information content (AvgIpc) is 3.50. The third kappa shape index (κ3) is 4.01. The van der Waals surface area contributed by atoms with Crippen molar-refractivity contribution in [1.82, 2.24) is 10.2 Å². The van der Waals surface area contributed by atoms with Crippen molar-refractivity contribution in [3.8, 4) is 22.8 Å². The summed E-state index contributed by atoms with van der Waals surface area (Å²) in [6.45, 7) is 0. The summed E-state index contributed by atoms with van der Waals surface area (Å²) in [5.41, 5.74) is 3.29. The SMILES string of the molecule is COc1ccc(-c2n[nH]c(C3CC3)c2NC(=O)Nc2ccc(F)cc2)c(OC)c1. The summed E-state index contributed by atoms with van der Waals surface area (Å²) in [5.74, 6) is 1.21. The van der Waals surface area contributed by atoms with Gasteiger partial charge in [0.25, 0.3) is 0 Å². The summed E-state index contributed by atoms with van der Waals surface area (Å²) in [6.07, 6.45) is 2.07. The van der Waals surface area contributed by atoms with E-state index in [1.165, 1.54) is 24.3 Å². The van der Waals surface area contributed by atoms with Crippen LogP contribution in [0.3, 0.4) is 0 Å². The Morgan fingerprint density at radius 3 is 2.52 bits per heavy atom. The molecule has 3 N–H and O–H groups in total. The minimum Gasteiger partial charge on any atom is -0.497 e. The van der Waals surface area contributed by atoms with Gasteiger partial charge in [-0.25, -0.2) is 9.18 Å². The molecule has 2 amide bonds. The predicted octanol–water partition coefficient (Wildman–Crippen LogP) is 4.75. The second-order valence-electron chi connectivity index (χ2n) is 6.79. The molecule has 0 saturated heterocycles. The second kappa shape index (κ2) is 7.83. The van der Waals surface area contributed by atoms with Crippen LogP contribution in [0.15, 0.2) is 42.5 Å². The van der Waals surface area contributed by atoms with E-state index in [4.69, 9.17) is 9.47 Å².